The number of hydrogen-bond acceptors (Lipinski definition) is 2. The minimum absolute atomic E-state index is 0.180. The molecule has 1 heterocycles. The van der Waals surface area contributed by atoms with Gasteiger partial charge in [0.05, 0.1) is 6.42 Å². The van der Waals surface area contributed by atoms with Crippen LogP contribution in [0, 0.1) is 0 Å². The molecule has 0 saturated carbocycles. The molecule has 1 amide bonds. The highest BCUT2D eigenvalue weighted by Gasteiger charge is 2.18. The SMILES string of the molecule is CN(CC1CCCCN1)C(=O)Cc1ccccc1Br. The van der Waals surface area contributed by atoms with E-state index in [2.05, 4.69) is 21.2 Å². The van der Waals surface area contributed by atoms with E-state index in [9.17, 15) is 4.79 Å². The van der Waals surface area contributed by atoms with Crippen molar-refractivity contribution in [3.05, 3.63) is 34.3 Å². The number of nitrogens with zero attached hydrogens (tertiary/aromatic N) is 1. The molecule has 0 bridgehead atoms. The van der Waals surface area contributed by atoms with Gasteiger partial charge in [0.15, 0.2) is 0 Å². The normalized spacial score (nSPS) is 19.2. The van der Waals surface area contributed by atoms with Gasteiger partial charge in [0, 0.05) is 24.1 Å². The highest BCUT2D eigenvalue weighted by molar-refractivity contribution is 9.10. The summed E-state index contributed by atoms with van der Waals surface area (Å²) in [7, 11) is 1.90. The number of hydrogen-bond donors (Lipinski definition) is 1. The molecular weight excluding hydrogens is 304 g/mol. The van der Waals surface area contributed by atoms with Gasteiger partial charge in [-0.2, -0.15) is 0 Å². The molecule has 104 valence electrons. The monoisotopic (exact) mass is 324 g/mol. The molecule has 1 N–H and O–H groups in total. The Hall–Kier alpha value is -0.870. The molecule has 1 aliphatic rings. The molecule has 3 nitrogen and oxygen atoms in total. The molecule has 1 aliphatic heterocycles. The van der Waals surface area contributed by atoms with Crippen LogP contribution in [0.1, 0.15) is 24.8 Å². The van der Waals surface area contributed by atoms with E-state index in [-0.39, 0.29) is 5.91 Å². The number of nitrogens with one attached hydrogen (secondary N) is 1. The minimum atomic E-state index is 0.180. The standard InChI is InChI=1S/C15H21BrN2O/c1-18(11-13-7-4-5-9-17-13)15(19)10-12-6-2-3-8-14(12)16/h2-3,6,8,13,17H,4-5,7,9-11H2,1H3. The van der Waals surface area contributed by atoms with Gasteiger partial charge in [0.1, 0.15) is 0 Å². The van der Waals surface area contributed by atoms with Gasteiger partial charge in [-0.3, -0.25) is 4.79 Å². The highest BCUT2D eigenvalue weighted by Crippen LogP contribution is 2.17. The summed E-state index contributed by atoms with van der Waals surface area (Å²) in [5.41, 5.74) is 1.05. The van der Waals surface area contributed by atoms with Crippen LogP contribution in [-0.2, 0) is 11.2 Å². The van der Waals surface area contributed by atoms with E-state index in [1.165, 1.54) is 19.3 Å². The average molecular weight is 325 g/mol. The van der Waals surface area contributed by atoms with Gasteiger partial charge < -0.3 is 10.2 Å². The smallest absolute Gasteiger partial charge is 0.226 e. The van der Waals surface area contributed by atoms with Gasteiger partial charge in [-0.15, -0.1) is 0 Å². The van der Waals surface area contributed by atoms with Crippen LogP contribution in [0.25, 0.3) is 0 Å². The van der Waals surface area contributed by atoms with Gasteiger partial charge in [-0.25, -0.2) is 0 Å². The third-order valence-electron chi connectivity index (χ3n) is 3.63. The number of carbonyl (C=O) groups is 1. The van der Waals surface area contributed by atoms with Gasteiger partial charge in [0.25, 0.3) is 0 Å². The summed E-state index contributed by atoms with van der Waals surface area (Å²) in [5, 5.41) is 3.48. The Morgan fingerprint density at radius 1 is 1.42 bits per heavy atom. The van der Waals surface area contributed by atoms with E-state index >= 15 is 0 Å². The fraction of sp³-hybridized carbons (Fsp3) is 0.533. The number of amides is 1. The fourth-order valence-electron chi connectivity index (χ4n) is 2.45. The third kappa shape index (κ3) is 4.32. The first-order valence-corrected chi connectivity index (χ1v) is 7.67. The molecule has 0 spiro atoms. The van der Waals surface area contributed by atoms with Crippen molar-refractivity contribution >= 4 is 21.8 Å². The molecule has 1 unspecified atom stereocenters. The predicted molar refractivity (Wildman–Crippen MR) is 81.1 cm³/mol. The average Bonchev–Trinajstić information content (AvgIpc) is 2.42. The topological polar surface area (TPSA) is 32.3 Å². The Bertz CT molecular complexity index is 430. The van der Waals surface area contributed by atoms with Gasteiger partial charge in [-0.05, 0) is 31.0 Å². The van der Waals surface area contributed by atoms with Crippen molar-refractivity contribution in [2.75, 3.05) is 20.1 Å². The van der Waals surface area contributed by atoms with E-state index in [1.54, 1.807) is 0 Å². The Labute approximate surface area is 123 Å². The van der Waals surface area contributed by atoms with Crippen molar-refractivity contribution in [2.45, 2.75) is 31.7 Å². The molecule has 0 aromatic heterocycles. The zero-order valence-electron chi connectivity index (χ0n) is 11.4. The summed E-state index contributed by atoms with van der Waals surface area (Å²) < 4.78 is 1.01. The number of benzene rings is 1. The van der Waals surface area contributed by atoms with Crippen LogP contribution in [0.5, 0.6) is 0 Å². The van der Waals surface area contributed by atoms with Crippen molar-refractivity contribution in [3.63, 3.8) is 0 Å². The van der Waals surface area contributed by atoms with Crippen molar-refractivity contribution in [2.24, 2.45) is 0 Å². The maximum atomic E-state index is 12.2. The van der Waals surface area contributed by atoms with E-state index in [1.807, 2.05) is 36.2 Å². The van der Waals surface area contributed by atoms with Crippen molar-refractivity contribution < 1.29 is 4.79 Å². The zero-order chi connectivity index (χ0) is 13.7. The highest BCUT2D eigenvalue weighted by atomic mass is 79.9. The summed E-state index contributed by atoms with van der Waals surface area (Å²) >= 11 is 3.49. The second-order valence-electron chi connectivity index (χ2n) is 5.19. The van der Waals surface area contributed by atoms with Crippen LogP contribution in [0.2, 0.25) is 0 Å². The molecule has 4 heteroatoms. The van der Waals surface area contributed by atoms with E-state index in [0.717, 1.165) is 23.1 Å². The lowest BCUT2D eigenvalue weighted by Crippen LogP contribution is -2.44. The largest absolute Gasteiger partial charge is 0.344 e. The van der Waals surface area contributed by atoms with Crippen LogP contribution in [0.4, 0.5) is 0 Å². The quantitative estimate of drug-likeness (QED) is 0.923. The number of likely N-dealkylation sites (N-methyl/N-ethyl adjacent to an activating group) is 1. The van der Waals surface area contributed by atoms with Crippen molar-refractivity contribution in [1.82, 2.24) is 10.2 Å². The van der Waals surface area contributed by atoms with E-state index in [0.29, 0.717) is 12.5 Å². The van der Waals surface area contributed by atoms with Crippen LogP contribution >= 0.6 is 15.9 Å². The van der Waals surface area contributed by atoms with Gasteiger partial charge >= 0.3 is 0 Å². The zero-order valence-corrected chi connectivity index (χ0v) is 12.9. The van der Waals surface area contributed by atoms with Crippen molar-refractivity contribution in [3.8, 4) is 0 Å². The summed E-state index contributed by atoms with van der Waals surface area (Å²) in [4.78, 5) is 14.1. The first-order valence-electron chi connectivity index (χ1n) is 6.87. The lowest BCUT2D eigenvalue weighted by Gasteiger charge is -2.28. The van der Waals surface area contributed by atoms with Crippen LogP contribution in [0.15, 0.2) is 28.7 Å². The molecule has 1 fully saturated rings. The van der Waals surface area contributed by atoms with Gasteiger partial charge in [0.2, 0.25) is 5.91 Å². The Morgan fingerprint density at radius 2 is 2.21 bits per heavy atom. The first kappa shape index (κ1) is 14.5. The molecule has 1 saturated heterocycles. The minimum Gasteiger partial charge on any atom is -0.344 e. The molecule has 1 atom stereocenters. The second-order valence-corrected chi connectivity index (χ2v) is 6.04. The fourth-order valence-corrected chi connectivity index (χ4v) is 2.88. The van der Waals surface area contributed by atoms with Crippen molar-refractivity contribution in [1.29, 1.82) is 0 Å². The second kappa shape index (κ2) is 7.06. The third-order valence-corrected chi connectivity index (χ3v) is 4.41. The number of halogens is 1. The molecule has 1 aromatic carbocycles. The summed E-state index contributed by atoms with van der Waals surface area (Å²) in [6, 6.07) is 8.37. The molecule has 1 aromatic rings. The maximum Gasteiger partial charge on any atom is 0.226 e. The summed E-state index contributed by atoms with van der Waals surface area (Å²) in [5.74, 6) is 0.180. The van der Waals surface area contributed by atoms with Crippen LogP contribution < -0.4 is 5.32 Å². The Morgan fingerprint density at radius 3 is 2.89 bits per heavy atom. The number of piperidine rings is 1. The number of carbonyl (C=O) groups excluding carboxylic acids is 1. The lowest BCUT2D eigenvalue weighted by atomic mass is 10.0. The Balaban J connectivity index is 1.87. The predicted octanol–water partition coefficient (Wildman–Crippen LogP) is 2.59. The van der Waals surface area contributed by atoms with Crippen LogP contribution in [0.3, 0.4) is 0 Å². The molecular formula is C15H21BrN2O. The van der Waals surface area contributed by atoms with Crippen LogP contribution in [-0.4, -0.2) is 37.0 Å². The lowest BCUT2D eigenvalue weighted by molar-refractivity contribution is -0.129. The Kier molecular flexibility index (Phi) is 5.40. The molecule has 2 rings (SSSR count). The number of rotatable bonds is 4. The van der Waals surface area contributed by atoms with E-state index < -0.39 is 0 Å². The summed E-state index contributed by atoms with van der Waals surface area (Å²) in [6.45, 7) is 1.89. The first-order chi connectivity index (χ1) is 9.16. The molecule has 19 heavy (non-hydrogen) atoms. The molecule has 0 radical (unpaired) electrons. The van der Waals surface area contributed by atoms with Gasteiger partial charge in [-0.1, -0.05) is 40.5 Å². The molecule has 0 aliphatic carbocycles. The van der Waals surface area contributed by atoms with E-state index in [4.69, 9.17) is 0 Å². The summed E-state index contributed by atoms with van der Waals surface area (Å²) in [6.07, 6.45) is 4.16. The maximum absolute atomic E-state index is 12.2.